The van der Waals surface area contributed by atoms with Crippen molar-refractivity contribution < 1.29 is 52.9 Å². The summed E-state index contributed by atoms with van der Waals surface area (Å²) >= 11 is 0. The highest BCUT2D eigenvalue weighted by molar-refractivity contribution is 6.00. The van der Waals surface area contributed by atoms with Gasteiger partial charge < -0.3 is 48.1 Å². The molecular weight excluding hydrogens is 921 g/mol. The molecule has 2 N–H and O–H groups in total. The minimum absolute atomic E-state index is 0.158. The third-order valence-electron chi connectivity index (χ3n) is 13.5. The highest BCUT2D eigenvalue weighted by atomic mass is 16.6. The predicted octanol–water partition coefficient (Wildman–Crippen LogP) is 11.7. The van der Waals surface area contributed by atoms with Crippen molar-refractivity contribution in [2.75, 3.05) is 0 Å². The first kappa shape index (κ1) is 51.4. The minimum atomic E-state index is -1.06. The Morgan fingerprint density at radius 1 is 0.384 bits per heavy atom. The third kappa shape index (κ3) is 12.8. The van der Waals surface area contributed by atoms with Crippen molar-refractivity contribution in [3.63, 3.8) is 0 Å². The van der Waals surface area contributed by atoms with Gasteiger partial charge in [0, 0.05) is 11.1 Å². The lowest BCUT2D eigenvalue weighted by Gasteiger charge is -2.47. The van der Waals surface area contributed by atoms with E-state index in [9.17, 15) is 15.0 Å². The van der Waals surface area contributed by atoms with E-state index in [0.29, 0.717) is 0 Å². The Kier molecular flexibility index (Phi) is 17.6. The molecule has 0 saturated carbocycles. The van der Waals surface area contributed by atoms with Crippen LogP contribution >= 0.6 is 0 Å². The number of Topliss-reactive ketones (excluding diaryl/α,β-unsaturated/α-hetero) is 1. The molecule has 378 valence electrons. The smallest absolute Gasteiger partial charge is 0.167 e. The predicted molar refractivity (Wildman–Crippen MR) is 276 cm³/mol. The Morgan fingerprint density at radius 2 is 0.616 bits per heavy atom. The van der Waals surface area contributed by atoms with Gasteiger partial charge in [-0.3, -0.25) is 4.79 Å². The fraction of sp³-hybridized carbons (Fsp3) is 0.306. The largest absolute Gasteiger partial charge is 0.507 e. The van der Waals surface area contributed by atoms with Crippen molar-refractivity contribution >= 4 is 5.78 Å². The van der Waals surface area contributed by atoms with Crippen molar-refractivity contribution in [1.82, 2.24) is 0 Å². The van der Waals surface area contributed by atoms with Gasteiger partial charge in [0.1, 0.15) is 65.9 Å². The van der Waals surface area contributed by atoms with Crippen LogP contribution in [0.5, 0.6) is 11.5 Å². The van der Waals surface area contributed by atoms with E-state index >= 15 is 0 Å². The van der Waals surface area contributed by atoms with Crippen molar-refractivity contribution in [3.05, 3.63) is 238 Å². The van der Waals surface area contributed by atoms with Crippen molar-refractivity contribution in [2.45, 2.75) is 121 Å². The van der Waals surface area contributed by atoms with Gasteiger partial charge in [-0.25, -0.2) is 0 Å². The fourth-order valence-corrected chi connectivity index (χ4v) is 9.80. The number of hydrogen-bond donors (Lipinski definition) is 2. The number of benzene rings is 7. The number of ketones is 1. The number of phenolic OH excluding ortho intramolecular Hbond substituents is 2. The van der Waals surface area contributed by atoms with E-state index in [1.165, 1.54) is 6.92 Å². The quantitative estimate of drug-likeness (QED) is 0.0667. The van der Waals surface area contributed by atoms with Crippen LogP contribution in [0.2, 0.25) is 0 Å². The monoisotopic (exact) mass is 984 g/mol. The van der Waals surface area contributed by atoms with Gasteiger partial charge in [0.05, 0.1) is 51.8 Å². The number of hydrogen-bond acceptors (Lipinski definition) is 11. The van der Waals surface area contributed by atoms with E-state index in [-0.39, 0.29) is 56.3 Å². The van der Waals surface area contributed by atoms with E-state index in [0.717, 1.165) is 33.4 Å². The second-order valence-corrected chi connectivity index (χ2v) is 18.8. The zero-order chi connectivity index (χ0) is 50.5. The molecule has 0 bridgehead atoms. The Morgan fingerprint density at radius 3 is 0.863 bits per heavy atom. The van der Waals surface area contributed by atoms with E-state index in [1.54, 1.807) is 6.07 Å². The second-order valence-electron chi connectivity index (χ2n) is 18.8. The number of carbonyl (C=O) groups is 1. The van der Waals surface area contributed by atoms with Crippen LogP contribution in [0.4, 0.5) is 0 Å². The van der Waals surface area contributed by atoms with E-state index in [4.69, 9.17) is 37.9 Å². The molecule has 0 unspecified atom stereocenters. The fourth-order valence-electron chi connectivity index (χ4n) is 9.80. The van der Waals surface area contributed by atoms with Gasteiger partial charge >= 0.3 is 0 Å². The van der Waals surface area contributed by atoms with Crippen molar-refractivity contribution in [1.29, 1.82) is 0 Å². The summed E-state index contributed by atoms with van der Waals surface area (Å²) in [6.45, 7) is 6.42. The molecule has 0 aromatic heterocycles. The van der Waals surface area contributed by atoms with Crippen LogP contribution in [0.25, 0.3) is 0 Å². The van der Waals surface area contributed by atoms with E-state index < -0.39 is 78.3 Å². The normalized spacial score (nSPS) is 24.0. The molecule has 73 heavy (non-hydrogen) atoms. The lowest BCUT2D eigenvalue weighted by Crippen LogP contribution is -2.56. The number of rotatable bonds is 21. The molecule has 2 aliphatic rings. The summed E-state index contributed by atoms with van der Waals surface area (Å²) in [6.07, 6.45) is -8.10. The van der Waals surface area contributed by atoms with Gasteiger partial charge in [0.25, 0.3) is 0 Å². The Labute approximate surface area is 428 Å². The summed E-state index contributed by atoms with van der Waals surface area (Å²) in [6, 6.07) is 60.7. The topological polar surface area (TPSA) is 131 Å². The molecule has 7 aromatic carbocycles. The van der Waals surface area contributed by atoms with Crippen molar-refractivity contribution in [2.24, 2.45) is 0 Å². The number of phenols is 2. The van der Waals surface area contributed by atoms with Gasteiger partial charge in [-0.05, 0) is 60.2 Å². The van der Waals surface area contributed by atoms with Crippen LogP contribution in [0.3, 0.4) is 0 Å². The molecule has 0 radical (unpaired) electrons. The van der Waals surface area contributed by atoms with Crippen molar-refractivity contribution in [3.8, 4) is 11.5 Å². The summed E-state index contributed by atoms with van der Waals surface area (Å²) in [5.41, 5.74) is 5.71. The van der Waals surface area contributed by atoms with Gasteiger partial charge in [0.15, 0.2) is 5.78 Å². The standard InChI is InChI=1S/C62H64O11/c1-41(63)52-53(64)50(57-61(70-39-48-30-18-8-19-31-48)59(68-37-46-26-14-6-15-27-46)55(42(2)72-57)66-35-44-22-10-4-11-23-44)34-51(54(52)65)58-62(71-40-49-32-20-9-21-33-49)60(69-38-47-28-16-7-17-29-47)56(43(3)73-58)67-36-45-24-12-5-13-25-45/h4-34,42-43,55-62,64-65H,35-40H2,1-3H3/t42-,43-,55-,56-,57+,58+,59+,60+,61-,62-/m0/s1. The molecule has 2 saturated heterocycles. The number of aromatic hydroxyl groups is 2. The van der Waals surface area contributed by atoms with Gasteiger partial charge in [0.2, 0.25) is 0 Å². The first-order chi connectivity index (χ1) is 35.7. The molecule has 0 spiro atoms. The first-order valence-electron chi connectivity index (χ1n) is 25.1. The lowest BCUT2D eigenvalue weighted by molar-refractivity contribution is -0.265. The molecule has 11 heteroatoms. The Hall–Kier alpha value is -6.51. The van der Waals surface area contributed by atoms with E-state index in [1.807, 2.05) is 196 Å². The van der Waals surface area contributed by atoms with Gasteiger partial charge in [-0.1, -0.05) is 182 Å². The zero-order valence-corrected chi connectivity index (χ0v) is 41.5. The molecule has 0 aliphatic carbocycles. The van der Waals surface area contributed by atoms with Crippen LogP contribution in [0.15, 0.2) is 188 Å². The average Bonchev–Trinajstić information content (AvgIpc) is 3.42. The summed E-state index contributed by atoms with van der Waals surface area (Å²) < 4.78 is 55.3. The summed E-state index contributed by atoms with van der Waals surface area (Å²) in [4.78, 5) is 13.9. The average molecular weight is 985 g/mol. The molecule has 0 amide bonds. The van der Waals surface area contributed by atoms with Crippen LogP contribution in [0, 0.1) is 0 Å². The lowest BCUT2D eigenvalue weighted by atomic mass is 9.84. The van der Waals surface area contributed by atoms with Crippen LogP contribution in [-0.4, -0.2) is 64.8 Å². The SMILES string of the molecule is CC(=O)c1c(O)c([C@H]2O[C@@H](C)[C@H](OCc3ccccc3)[C@@H](OCc3ccccc3)[C@H]2OCc2ccccc2)cc([C@H]2O[C@@H](C)[C@H](OCc3ccccc3)[C@@H](OCc3ccccc3)[C@H]2OCc2ccccc2)c1O. The minimum Gasteiger partial charge on any atom is -0.507 e. The summed E-state index contributed by atoms with van der Waals surface area (Å²) in [7, 11) is 0. The molecule has 7 aromatic rings. The molecular formula is C62H64O11. The molecule has 2 fully saturated rings. The highest BCUT2D eigenvalue weighted by Crippen LogP contribution is 2.49. The van der Waals surface area contributed by atoms with Gasteiger partial charge in [-0.15, -0.1) is 0 Å². The van der Waals surface area contributed by atoms with Gasteiger partial charge in [-0.2, -0.15) is 0 Å². The Bertz CT molecular complexity index is 2600. The summed E-state index contributed by atoms with van der Waals surface area (Å²) in [5.74, 6) is -1.47. The maximum absolute atomic E-state index is 13.9. The van der Waals surface area contributed by atoms with E-state index in [2.05, 4.69) is 0 Å². The Balaban J connectivity index is 1.15. The molecule has 9 rings (SSSR count). The maximum Gasteiger partial charge on any atom is 0.167 e. The summed E-state index contributed by atoms with van der Waals surface area (Å²) in [5, 5.41) is 24.9. The van der Waals surface area contributed by atoms with Crippen LogP contribution < -0.4 is 0 Å². The second kappa shape index (κ2) is 24.9. The molecule has 11 nitrogen and oxygen atoms in total. The molecule has 2 heterocycles. The number of ether oxygens (including phenoxy) is 8. The molecule has 2 aliphatic heterocycles. The van der Waals surface area contributed by atoms with Crippen LogP contribution in [-0.2, 0) is 77.5 Å². The first-order valence-corrected chi connectivity index (χ1v) is 25.1. The highest BCUT2D eigenvalue weighted by Gasteiger charge is 2.51. The molecule has 10 atom stereocenters. The number of carbonyl (C=O) groups excluding carboxylic acids is 1. The van der Waals surface area contributed by atoms with Crippen LogP contribution in [0.1, 0.15) is 87.8 Å². The third-order valence-corrected chi connectivity index (χ3v) is 13.5. The zero-order valence-electron chi connectivity index (χ0n) is 41.5. The maximum atomic E-state index is 13.9.